The van der Waals surface area contributed by atoms with E-state index < -0.39 is 0 Å². The summed E-state index contributed by atoms with van der Waals surface area (Å²) < 4.78 is 1.98. The smallest absolute Gasteiger partial charge is 0.216 e. The van der Waals surface area contributed by atoms with Crippen LogP contribution in [0.15, 0.2) is 59.7 Å². The maximum atomic E-state index is 9.76. The number of para-hydroxylation sites is 1. The molecule has 0 fully saturated rings. The number of aromatic hydroxyl groups is 1. The molecule has 5 nitrogen and oxygen atoms in total. The molecule has 22 heavy (non-hydrogen) atoms. The summed E-state index contributed by atoms with van der Waals surface area (Å²) in [4.78, 5) is 0. The summed E-state index contributed by atoms with van der Waals surface area (Å²) in [5, 5.41) is 21.1. The van der Waals surface area contributed by atoms with Gasteiger partial charge in [-0.3, -0.25) is 5.10 Å². The van der Waals surface area contributed by atoms with Crippen molar-refractivity contribution in [3.05, 3.63) is 76.3 Å². The summed E-state index contributed by atoms with van der Waals surface area (Å²) in [5.41, 5.74) is 1.74. The van der Waals surface area contributed by atoms with Gasteiger partial charge in [0.15, 0.2) is 5.82 Å². The van der Waals surface area contributed by atoms with Gasteiger partial charge in [-0.25, -0.2) is 0 Å². The standard InChI is InChI=1S/C16H14N4OS/c21-14-9-5-4-8-13(14)11-17-20-15(18-19-16(20)22)10-12-6-2-1-3-7-12/h1-9,11,21H,10H2,(H,19,22)/b17-11-. The van der Waals surface area contributed by atoms with E-state index in [0.29, 0.717) is 22.6 Å². The molecule has 3 rings (SSSR count). The van der Waals surface area contributed by atoms with Gasteiger partial charge in [-0.05, 0) is 29.9 Å². The van der Waals surface area contributed by atoms with Crippen molar-refractivity contribution < 1.29 is 5.11 Å². The van der Waals surface area contributed by atoms with Crippen molar-refractivity contribution in [1.29, 1.82) is 0 Å². The first-order valence-corrected chi connectivity index (χ1v) is 7.17. The fourth-order valence-corrected chi connectivity index (χ4v) is 2.25. The lowest BCUT2D eigenvalue weighted by atomic mass is 10.1. The molecule has 0 atom stereocenters. The minimum absolute atomic E-state index is 0.172. The van der Waals surface area contributed by atoms with Crippen molar-refractivity contribution in [2.45, 2.75) is 6.42 Å². The summed E-state index contributed by atoms with van der Waals surface area (Å²) in [6.07, 6.45) is 2.18. The predicted molar refractivity (Wildman–Crippen MR) is 87.8 cm³/mol. The minimum atomic E-state index is 0.172. The zero-order valence-corrected chi connectivity index (χ0v) is 12.5. The quantitative estimate of drug-likeness (QED) is 0.575. The van der Waals surface area contributed by atoms with Crippen LogP contribution in [0.1, 0.15) is 17.0 Å². The third-order valence-electron chi connectivity index (χ3n) is 3.17. The monoisotopic (exact) mass is 310 g/mol. The number of aromatic nitrogens is 3. The Morgan fingerprint density at radius 2 is 1.86 bits per heavy atom. The Morgan fingerprint density at radius 1 is 1.14 bits per heavy atom. The second-order valence-electron chi connectivity index (χ2n) is 4.72. The van der Waals surface area contributed by atoms with Crippen molar-refractivity contribution in [2.24, 2.45) is 5.10 Å². The number of benzene rings is 2. The van der Waals surface area contributed by atoms with Crippen LogP contribution < -0.4 is 0 Å². The van der Waals surface area contributed by atoms with Crippen LogP contribution in [0.25, 0.3) is 0 Å². The molecule has 0 amide bonds. The van der Waals surface area contributed by atoms with Gasteiger partial charge in [0, 0.05) is 12.0 Å². The van der Waals surface area contributed by atoms with Gasteiger partial charge in [-0.2, -0.15) is 14.9 Å². The molecule has 0 saturated heterocycles. The van der Waals surface area contributed by atoms with E-state index in [1.54, 1.807) is 29.1 Å². The zero-order chi connectivity index (χ0) is 15.4. The molecule has 110 valence electrons. The average Bonchev–Trinajstić information content (AvgIpc) is 2.88. The molecule has 2 N–H and O–H groups in total. The number of nitrogens with zero attached hydrogens (tertiary/aromatic N) is 3. The number of phenolic OH excluding ortho intramolecular Hbond substituents is 1. The average molecular weight is 310 g/mol. The molecule has 0 bridgehead atoms. The number of hydrogen-bond donors (Lipinski definition) is 2. The van der Waals surface area contributed by atoms with Crippen molar-refractivity contribution in [3.8, 4) is 5.75 Å². The van der Waals surface area contributed by atoms with Gasteiger partial charge in [0.25, 0.3) is 0 Å². The maximum absolute atomic E-state index is 9.76. The summed E-state index contributed by atoms with van der Waals surface area (Å²) >= 11 is 5.21. The van der Waals surface area contributed by atoms with Crippen molar-refractivity contribution in [3.63, 3.8) is 0 Å². The molecule has 3 aromatic rings. The van der Waals surface area contributed by atoms with Gasteiger partial charge in [-0.15, -0.1) is 0 Å². The number of hydrogen-bond acceptors (Lipinski definition) is 4. The topological polar surface area (TPSA) is 66.2 Å². The third-order valence-corrected chi connectivity index (χ3v) is 3.44. The molecular weight excluding hydrogens is 296 g/mol. The van der Waals surface area contributed by atoms with Crippen molar-refractivity contribution in [2.75, 3.05) is 0 Å². The molecule has 0 aliphatic carbocycles. The Balaban J connectivity index is 1.90. The van der Waals surface area contributed by atoms with Crippen LogP contribution in [0, 0.1) is 4.77 Å². The van der Waals surface area contributed by atoms with Gasteiger partial charge in [0.2, 0.25) is 4.77 Å². The summed E-state index contributed by atoms with van der Waals surface area (Å²) in [6, 6.07) is 17.0. The van der Waals surface area contributed by atoms with E-state index in [0.717, 1.165) is 5.56 Å². The second kappa shape index (κ2) is 6.36. The van der Waals surface area contributed by atoms with Gasteiger partial charge >= 0.3 is 0 Å². The minimum Gasteiger partial charge on any atom is -0.507 e. The maximum Gasteiger partial charge on any atom is 0.216 e. The molecule has 1 heterocycles. The van der Waals surface area contributed by atoms with Crippen molar-refractivity contribution >= 4 is 18.4 Å². The number of rotatable bonds is 4. The Kier molecular flexibility index (Phi) is 4.11. The molecule has 0 aliphatic rings. The largest absolute Gasteiger partial charge is 0.507 e. The first-order chi connectivity index (χ1) is 10.7. The lowest BCUT2D eigenvalue weighted by Crippen LogP contribution is -2.00. The summed E-state index contributed by atoms with van der Waals surface area (Å²) in [5.74, 6) is 0.883. The fraction of sp³-hybridized carbons (Fsp3) is 0.0625. The van der Waals surface area contributed by atoms with Crippen LogP contribution >= 0.6 is 12.2 Å². The lowest BCUT2D eigenvalue weighted by molar-refractivity contribution is 0.474. The van der Waals surface area contributed by atoms with E-state index in [4.69, 9.17) is 12.2 Å². The van der Waals surface area contributed by atoms with E-state index in [1.807, 2.05) is 36.4 Å². The number of H-pyrrole nitrogens is 1. The predicted octanol–water partition coefficient (Wildman–Crippen LogP) is 3.12. The Labute approximate surface area is 132 Å². The Morgan fingerprint density at radius 3 is 2.64 bits per heavy atom. The Hall–Kier alpha value is -2.73. The number of phenols is 1. The number of aromatic amines is 1. The van der Waals surface area contributed by atoms with Gasteiger partial charge in [0.05, 0.1) is 6.21 Å². The summed E-state index contributed by atoms with van der Waals surface area (Å²) in [6.45, 7) is 0. The van der Waals surface area contributed by atoms with E-state index in [9.17, 15) is 5.11 Å². The highest BCUT2D eigenvalue weighted by molar-refractivity contribution is 7.71. The lowest BCUT2D eigenvalue weighted by Gasteiger charge is -2.02. The van der Waals surface area contributed by atoms with E-state index in [1.165, 1.54) is 0 Å². The summed E-state index contributed by atoms with van der Waals surface area (Å²) in [7, 11) is 0. The zero-order valence-electron chi connectivity index (χ0n) is 11.7. The normalized spacial score (nSPS) is 11.1. The SMILES string of the molecule is Oc1ccccc1/C=N\n1c(Cc2ccccc2)n[nH]c1=S. The van der Waals surface area contributed by atoms with Gasteiger partial charge in [0.1, 0.15) is 5.75 Å². The second-order valence-corrected chi connectivity index (χ2v) is 5.11. The molecular formula is C16H14N4OS. The number of nitrogens with one attached hydrogen (secondary N) is 1. The molecule has 0 spiro atoms. The van der Waals surface area contributed by atoms with Crippen LogP contribution in [0.4, 0.5) is 0 Å². The van der Waals surface area contributed by atoms with Crippen molar-refractivity contribution in [1.82, 2.24) is 14.9 Å². The molecule has 2 aromatic carbocycles. The Bertz CT molecular complexity index is 852. The molecule has 0 aliphatic heterocycles. The van der Waals surface area contributed by atoms with E-state index >= 15 is 0 Å². The molecule has 6 heteroatoms. The van der Waals surface area contributed by atoms with E-state index in [-0.39, 0.29) is 5.75 Å². The van der Waals surface area contributed by atoms with Crippen LogP contribution in [0.3, 0.4) is 0 Å². The van der Waals surface area contributed by atoms with E-state index in [2.05, 4.69) is 15.3 Å². The molecule has 1 aromatic heterocycles. The van der Waals surface area contributed by atoms with Crippen LogP contribution in [0.5, 0.6) is 5.75 Å². The first kappa shape index (κ1) is 14.2. The van der Waals surface area contributed by atoms with Crippen LogP contribution in [-0.4, -0.2) is 26.2 Å². The molecule has 0 unspecified atom stereocenters. The molecule has 0 radical (unpaired) electrons. The third kappa shape index (κ3) is 3.12. The van der Waals surface area contributed by atoms with Gasteiger partial charge in [-0.1, -0.05) is 42.5 Å². The van der Waals surface area contributed by atoms with Gasteiger partial charge < -0.3 is 5.11 Å². The van der Waals surface area contributed by atoms with Crippen LogP contribution in [-0.2, 0) is 6.42 Å². The van der Waals surface area contributed by atoms with Crippen LogP contribution in [0.2, 0.25) is 0 Å². The fourth-order valence-electron chi connectivity index (χ4n) is 2.05. The highest BCUT2D eigenvalue weighted by Gasteiger charge is 2.06. The highest BCUT2D eigenvalue weighted by Crippen LogP contribution is 2.13. The highest BCUT2D eigenvalue weighted by atomic mass is 32.1. The first-order valence-electron chi connectivity index (χ1n) is 6.76. The molecule has 0 saturated carbocycles.